The molecule has 0 unspecified atom stereocenters. The van der Waals surface area contributed by atoms with Gasteiger partial charge >= 0.3 is 0 Å². The maximum absolute atomic E-state index is 5.17. The number of nitrogens with one attached hydrogen (secondary N) is 1. The van der Waals surface area contributed by atoms with Crippen LogP contribution >= 0.6 is 12.2 Å². The molecule has 60 valence electrons. The summed E-state index contributed by atoms with van der Waals surface area (Å²) in [6.45, 7) is 7.09. The summed E-state index contributed by atoms with van der Waals surface area (Å²) in [6, 6.07) is 0. The fraction of sp³-hybridized carbons (Fsp3) is 0.167. The molecule has 0 aromatic carbocycles. The predicted molar refractivity (Wildman–Crippen MR) is 52.0 cm³/mol. The molecule has 0 aliphatic rings. The molecule has 0 aliphatic carbocycles. The number of hydrogen-bond donors (Lipinski definition) is 2. The maximum Gasteiger partial charge on any atom is 0.164 e. The second-order valence-corrected chi connectivity index (χ2v) is 2.04. The molecule has 0 bridgehead atoms. The second-order valence-electron chi connectivity index (χ2n) is 1.60. The van der Waals surface area contributed by atoms with Crippen molar-refractivity contribution in [2.24, 2.45) is 15.7 Å². The summed E-state index contributed by atoms with van der Waals surface area (Å²) in [5.74, 6) is 0.507. The largest absolute Gasteiger partial charge is 0.376 e. The highest BCUT2D eigenvalue weighted by Crippen LogP contribution is 1.78. The normalized spacial score (nSPS) is 10.4. The third-order valence-electron chi connectivity index (χ3n) is 0.844. The Morgan fingerprint density at radius 1 is 1.73 bits per heavy atom. The van der Waals surface area contributed by atoms with Crippen molar-refractivity contribution < 1.29 is 0 Å². The van der Waals surface area contributed by atoms with Crippen molar-refractivity contribution in [3.05, 3.63) is 12.8 Å². The molecular weight excluding hydrogens is 160 g/mol. The van der Waals surface area contributed by atoms with Gasteiger partial charge in [0.2, 0.25) is 0 Å². The summed E-state index contributed by atoms with van der Waals surface area (Å²) in [4.78, 5) is 7.39. The van der Waals surface area contributed by atoms with Gasteiger partial charge in [-0.2, -0.15) is 0 Å². The number of nitrogens with two attached hydrogens (primary N) is 1. The van der Waals surface area contributed by atoms with Crippen molar-refractivity contribution in [3.63, 3.8) is 0 Å². The van der Waals surface area contributed by atoms with Crippen molar-refractivity contribution >= 4 is 29.9 Å². The Labute approximate surface area is 70.9 Å². The van der Waals surface area contributed by atoms with E-state index in [0.717, 1.165) is 0 Å². The van der Waals surface area contributed by atoms with Crippen LogP contribution in [0.4, 0.5) is 0 Å². The summed E-state index contributed by atoms with van der Waals surface area (Å²) in [6.07, 6.45) is 1.38. The van der Waals surface area contributed by atoms with E-state index in [0.29, 0.717) is 12.4 Å². The molecule has 0 spiro atoms. The van der Waals surface area contributed by atoms with E-state index in [4.69, 9.17) is 5.73 Å². The molecule has 0 aromatic heterocycles. The predicted octanol–water partition coefficient (Wildman–Crippen LogP) is 0.0622. The molecule has 5 heteroatoms. The van der Waals surface area contributed by atoms with Crippen LogP contribution in [0.25, 0.3) is 0 Å². The first-order valence-electron chi connectivity index (χ1n) is 2.88. The van der Waals surface area contributed by atoms with Gasteiger partial charge in [-0.1, -0.05) is 6.58 Å². The van der Waals surface area contributed by atoms with Crippen LogP contribution in [0.3, 0.4) is 0 Å². The first-order valence-corrected chi connectivity index (χ1v) is 3.29. The van der Waals surface area contributed by atoms with E-state index in [-0.39, 0.29) is 5.11 Å². The number of rotatable bonds is 3. The molecule has 0 saturated heterocycles. The molecule has 0 rings (SSSR count). The average Bonchev–Trinajstić information content (AvgIpc) is 1.97. The minimum absolute atomic E-state index is 0.213. The quantitative estimate of drug-likeness (QED) is 0.358. The summed E-state index contributed by atoms with van der Waals surface area (Å²) in [5.41, 5.74) is 5.17. The van der Waals surface area contributed by atoms with Crippen LogP contribution in [0, 0.1) is 0 Å². The molecule has 0 fully saturated rings. The second kappa shape index (κ2) is 5.55. The number of nitrogens with zero attached hydrogens (tertiary/aromatic N) is 2. The lowest BCUT2D eigenvalue weighted by molar-refractivity contribution is 1.07. The molecule has 4 nitrogen and oxygen atoms in total. The Morgan fingerprint density at radius 2 is 2.36 bits per heavy atom. The monoisotopic (exact) mass is 170 g/mol. The van der Waals surface area contributed by atoms with Gasteiger partial charge in [0.1, 0.15) is 5.84 Å². The number of aliphatic imine (C=N–C) groups is 2. The van der Waals surface area contributed by atoms with Crippen molar-refractivity contribution in [2.45, 2.75) is 0 Å². The molecule has 0 saturated carbocycles. The van der Waals surface area contributed by atoms with Crippen LogP contribution in [-0.2, 0) is 0 Å². The van der Waals surface area contributed by atoms with Crippen LogP contribution in [-0.4, -0.2) is 24.2 Å². The summed E-state index contributed by atoms with van der Waals surface area (Å²) in [7, 11) is 0. The van der Waals surface area contributed by atoms with E-state index in [1.165, 1.54) is 6.20 Å². The fourth-order valence-electron chi connectivity index (χ4n) is 0.414. The van der Waals surface area contributed by atoms with Crippen molar-refractivity contribution in [3.8, 4) is 0 Å². The van der Waals surface area contributed by atoms with E-state index in [9.17, 15) is 0 Å². The van der Waals surface area contributed by atoms with Gasteiger partial charge in [0.25, 0.3) is 0 Å². The van der Waals surface area contributed by atoms with E-state index >= 15 is 0 Å². The van der Waals surface area contributed by atoms with Gasteiger partial charge in [-0.3, -0.25) is 0 Å². The first-order chi connectivity index (χ1) is 5.20. The van der Waals surface area contributed by atoms with Gasteiger partial charge < -0.3 is 11.1 Å². The van der Waals surface area contributed by atoms with Gasteiger partial charge in [-0.25, -0.2) is 9.98 Å². The number of amidine groups is 1. The molecule has 11 heavy (non-hydrogen) atoms. The van der Waals surface area contributed by atoms with Crippen LogP contribution in [0.2, 0.25) is 0 Å². The zero-order chi connectivity index (χ0) is 8.69. The molecular formula is C6H10N4S. The Kier molecular flexibility index (Phi) is 4.93. The average molecular weight is 170 g/mol. The SMILES string of the molecule is C=CN=C(CNC(N)=S)N=C. The highest BCUT2D eigenvalue weighted by atomic mass is 32.1. The molecule has 0 amide bonds. The van der Waals surface area contributed by atoms with Gasteiger partial charge in [-0.15, -0.1) is 0 Å². The Bertz CT molecular complexity index is 197. The lowest BCUT2D eigenvalue weighted by Gasteiger charge is -2.00. The van der Waals surface area contributed by atoms with E-state index in [1.54, 1.807) is 0 Å². The van der Waals surface area contributed by atoms with Crippen LogP contribution < -0.4 is 11.1 Å². The lowest BCUT2D eigenvalue weighted by Crippen LogP contribution is -2.33. The summed E-state index contributed by atoms with van der Waals surface area (Å²) < 4.78 is 0. The van der Waals surface area contributed by atoms with Crippen molar-refractivity contribution in [1.82, 2.24) is 5.32 Å². The molecule has 0 atom stereocenters. The topological polar surface area (TPSA) is 62.8 Å². The Hall–Kier alpha value is -1.23. The van der Waals surface area contributed by atoms with E-state index < -0.39 is 0 Å². The molecule has 0 aliphatic heterocycles. The molecule has 0 aromatic rings. The van der Waals surface area contributed by atoms with Crippen LogP contribution in [0.15, 0.2) is 22.8 Å². The van der Waals surface area contributed by atoms with Crippen molar-refractivity contribution in [2.75, 3.05) is 6.54 Å². The van der Waals surface area contributed by atoms with Crippen molar-refractivity contribution in [1.29, 1.82) is 0 Å². The first kappa shape index (κ1) is 9.77. The van der Waals surface area contributed by atoms with E-state index in [2.05, 4.69) is 40.8 Å². The number of thiocarbonyl (C=S) groups is 1. The third-order valence-corrected chi connectivity index (χ3v) is 0.988. The zero-order valence-electron chi connectivity index (χ0n) is 6.08. The maximum atomic E-state index is 5.17. The minimum Gasteiger partial charge on any atom is -0.376 e. The minimum atomic E-state index is 0.213. The molecule has 0 heterocycles. The summed E-state index contributed by atoms with van der Waals surface area (Å²) >= 11 is 4.57. The van der Waals surface area contributed by atoms with Gasteiger partial charge in [-0.05, 0) is 18.9 Å². The van der Waals surface area contributed by atoms with Gasteiger partial charge in [0.15, 0.2) is 5.11 Å². The third kappa shape index (κ3) is 5.23. The smallest absolute Gasteiger partial charge is 0.164 e. The zero-order valence-corrected chi connectivity index (χ0v) is 6.90. The highest BCUT2D eigenvalue weighted by molar-refractivity contribution is 7.80. The van der Waals surface area contributed by atoms with E-state index in [1.807, 2.05) is 0 Å². The van der Waals surface area contributed by atoms with Gasteiger partial charge in [0.05, 0.1) is 6.54 Å². The fourth-order valence-corrected chi connectivity index (χ4v) is 0.486. The highest BCUT2D eigenvalue weighted by Gasteiger charge is 1.92. The molecule has 3 N–H and O–H groups in total. The Balaban J connectivity index is 3.88. The Morgan fingerprint density at radius 3 is 2.73 bits per heavy atom. The lowest BCUT2D eigenvalue weighted by atomic mass is 10.6. The van der Waals surface area contributed by atoms with Gasteiger partial charge in [0, 0.05) is 6.20 Å². The standard InChI is InChI=1S/C6H10N4S/c1-3-9-5(8-2)4-10-6(7)11/h3H,1-2,4H2,(H3,7,10,11). The number of hydrogen-bond acceptors (Lipinski definition) is 2. The van der Waals surface area contributed by atoms with Crippen LogP contribution in [0.1, 0.15) is 0 Å². The summed E-state index contributed by atoms with van der Waals surface area (Å²) in [5, 5.41) is 2.89. The van der Waals surface area contributed by atoms with Crippen LogP contribution in [0.5, 0.6) is 0 Å². The molecule has 0 radical (unpaired) electrons.